The van der Waals surface area contributed by atoms with Crippen molar-refractivity contribution in [3.05, 3.63) is 42.4 Å². The maximum absolute atomic E-state index is 12.8. The molecule has 1 amide bonds. The monoisotopic (exact) mass is 329 g/mol. The average molecular weight is 329 g/mol. The van der Waals surface area contributed by atoms with Gasteiger partial charge in [0.05, 0.1) is 32.5 Å². The van der Waals surface area contributed by atoms with Gasteiger partial charge in [-0.25, -0.2) is 4.98 Å². The van der Waals surface area contributed by atoms with Gasteiger partial charge < -0.3 is 19.1 Å². The first kappa shape index (κ1) is 16.0. The lowest BCUT2D eigenvalue weighted by Crippen LogP contribution is -2.31. The first-order chi connectivity index (χ1) is 11.7. The van der Waals surface area contributed by atoms with Crippen LogP contribution >= 0.6 is 0 Å². The maximum Gasteiger partial charge on any atom is 0.257 e. The number of hydrogen-bond donors (Lipinski definition) is 0. The molecule has 1 aromatic carbocycles. The Hall–Kier alpha value is -2.83. The SMILES string of the molecule is COc1cccc(C(=O)N2CC[C@@H](Oc3cnccn3)C2)c1OC. The van der Waals surface area contributed by atoms with Crippen molar-refractivity contribution in [1.29, 1.82) is 0 Å². The van der Waals surface area contributed by atoms with E-state index in [1.54, 1.807) is 48.8 Å². The third-order valence-electron chi connectivity index (χ3n) is 3.89. The number of aromatic nitrogens is 2. The second kappa shape index (κ2) is 7.16. The highest BCUT2D eigenvalue weighted by molar-refractivity contribution is 5.98. The highest BCUT2D eigenvalue weighted by Gasteiger charge is 2.30. The fourth-order valence-electron chi connectivity index (χ4n) is 2.75. The predicted octanol–water partition coefficient (Wildman–Crippen LogP) is 1.79. The van der Waals surface area contributed by atoms with Crippen LogP contribution in [0.5, 0.6) is 17.4 Å². The van der Waals surface area contributed by atoms with Crippen LogP contribution in [0.15, 0.2) is 36.8 Å². The van der Waals surface area contributed by atoms with Crippen LogP contribution in [0.4, 0.5) is 0 Å². The quantitative estimate of drug-likeness (QED) is 0.832. The van der Waals surface area contributed by atoms with Crippen molar-refractivity contribution in [2.75, 3.05) is 27.3 Å². The van der Waals surface area contributed by atoms with Gasteiger partial charge in [0, 0.05) is 25.4 Å². The van der Waals surface area contributed by atoms with Crippen LogP contribution in [0.3, 0.4) is 0 Å². The highest BCUT2D eigenvalue weighted by atomic mass is 16.5. The Labute approximate surface area is 140 Å². The van der Waals surface area contributed by atoms with Crippen LogP contribution in [-0.2, 0) is 0 Å². The summed E-state index contributed by atoms with van der Waals surface area (Å²) in [5.41, 5.74) is 0.483. The molecule has 24 heavy (non-hydrogen) atoms. The number of ether oxygens (including phenoxy) is 3. The van der Waals surface area contributed by atoms with Crippen LogP contribution in [-0.4, -0.2) is 54.2 Å². The minimum atomic E-state index is -0.101. The van der Waals surface area contributed by atoms with Gasteiger partial charge >= 0.3 is 0 Å². The fraction of sp³-hybridized carbons (Fsp3) is 0.353. The molecule has 7 nitrogen and oxygen atoms in total. The molecule has 0 spiro atoms. The van der Waals surface area contributed by atoms with Crippen molar-refractivity contribution < 1.29 is 19.0 Å². The summed E-state index contributed by atoms with van der Waals surface area (Å²) >= 11 is 0. The molecule has 2 heterocycles. The largest absolute Gasteiger partial charge is 0.493 e. The maximum atomic E-state index is 12.8. The molecule has 1 fully saturated rings. The fourth-order valence-corrected chi connectivity index (χ4v) is 2.75. The Kier molecular flexibility index (Phi) is 4.79. The third-order valence-corrected chi connectivity index (χ3v) is 3.89. The minimum Gasteiger partial charge on any atom is -0.493 e. The standard InChI is InChI=1S/C17H19N3O4/c1-22-14-5-3-4-13(16(14)23-2)17(21)20-9-6-12(11-20)24-15-10-18-7-8-19-15/h3-5,7-8,10,12H,6,9,11H2,1-2H3/t12-/m1/s1. The van der Waals surface area contributed by atoms with Gasteiger partial charge in [-0.05, 0) is 12.1 Å². The summed E-state index contributed by atoms with van der Waals surface area (Å²) in [5, 5.41) is 0. The van der Waals surface area contributed by atoms with E-state index in [0.717, 1.165) is 6.42 Å². The zero-order valence-electron chi connectivity index (χ0n) is 13.6. The Balaban J connectivity index is 1.71. The first-order valence-corrected chi connectivity index (χ1v) is 7.66. The molecule has 0 aliphatic carbocycles. The van der Waals surface area contributed by atoms with Gasteiger partial charge in [-0.3, -0.25) is 9.78 Å². The number of carbonyl (C=O) groups is 1. The predicted molar refractivity (Wildman–Crippen MR) is 86.5 cm³/mol. The Bertz CT molecular complexity index is 708. The second-order valence-electron chi connectivity index (χ2n) is 5.36. The Morgan fingerprint density at radius 2 is 2.12 bits per heavy atom. The molecule has 0 unspecified atom stereocenters. The number of benzene rings is 1. The molecule has 7 heteroatoms. The minimum absolute atomic E-state index is 0.0951. The van der Waals surface area contributed by atoms with E-state index < -0.39 is 0 Å². The van der Waals surface area contributed by atoms with E-state index >= 15 is 0 Å². The van der Waals surface area contributed by atoms with E-state index in [2.05, 4.69) is 9.97 Å². The molecule has 0 radical (unpaired) electrons. The summed E-state index contributed by atoms with van der Waals surface area (Å²) in [7, 11) is 3.07. The molecule has 1 aliphatic rings. The Morgan fingerprint density at radius 1 is 1.25 bits per heavy atom. The number of likely N-dealkylation sites (tertiary alicyclic amines) is 1. The summed E-state index contributed by atoms with van der Waals surface area (Å²) in [6, 6.07) is 5.28. The van der Waals surface area contributed by atoms with Gasteiger partial charge in [0.25, 0.3) is 5.91 Å². The van der Waals surface area contributed by atoms with E-state index in [-0.39, 0.29) is 12.0 Å². The summed E-state index contributed by atoms with van der Waals surface area (Å²) in [4.78, 5) is 22.6. The highest BCUT2D eigenvalue weighted by Crippen LogP contribution is 2.32. The molecule has 2 aromatic rings. The average Bonchev–Trinajstić information content (AvgIpc) is 3.09. The molecule has 0 saturated carbocycles. The van der Waals surface area contributed by atoms with Crippen LogP contribution in [0.25, 0.3) is 0 Å². The van der Waals surface area contributed by atoms with Gasteiger partial charge in [0.15, 0.2) is 11.5 Å². The van der Waals surface area contributed by atoms with Crippen LogP contribution in [0.1, 0.15) is 16.8 Å². The molecule has 1 aliphatic heterocycles. The molecule has 1 aromatic heterocycles. The second-order valence-corrected chi connectivity index (χ2v) is 5.36. The summed E-state index contributed by atoms with van der Waals surface area (Å²) in [5.74, 6) is 1.35. The van der Waals surface area contributed by atoms with Crippen molar-refractivity contribution in [2.45, 2.75) is 12.5 Å². The summed E-state index contributed by atoms with van der Waals surface area (Å²) in [6.07, 6.45) is 5.38. The van der Waals surface area contributed by atoms with Gasteiger partial charge in [0.2, 0.25) is 5.88 Å². The lowest BCUT2D eigenvalue weighted by atomic mass is 10.1. The van der Waals surface area contributed by atoms with Crippen LogP contribution < -0.4 is 14.2 Å². The third kappa shape index (κ3) is 3.24. The summed E-state index contributed by atoms with van der Waals surface area (Å²) < 4.78 is 16.4. The van der Waals surface area contributed by atoms with Gasteiger partial charge in [0.1, 0.15) is 6.10 Å². The lowest BCUT2D eigenvalue weighted by molar-refractivity contribution is 0.0767. The molecular weight excluding hydrogens is 310 g/mol. The molecular formula is C17H19N3O4. The summed E-state index contributed by atoms with van der Waals surface area (Å²) in [6.45, 7) is 1.11. The molecule has 126 valence electrons. The van der Waals surface area contributed by atoms with Crippen molar-refractivity contribution >= 4 is 5.91 Å². The lowest BCUT2D eigenvalue weighted by Gasteiger charge is -2.19. The molecule has 0 N–H and O–H groups in total. The van der Waals surface area contributed by atoms with E-state index in [4.69, 9.17) is 14.2 Å². The number of hydrogen-bond acceptors (Lipinski definition) is 6. The number of nitrogens with zero attached hydrogens (tertiary/aromatic N) is 3. The van der Waals surface area contributed by atoms with Crippen LogP contribution in [0.2, 0.25) is 0 Å². The smallest absolute Gasteiger partial charge is 0.257 e. The molecule has 0 bridgehead atoms. The molecule has 1 atom stereocenters. The zero-order chi connectivity index (χ0) is 16.9. The number of carbonyl (C=O) groups excluding carboxylic acids is 1. The van der Waals surface area contributed by atoms with Crippen molar-refractivity contribution in [3.8, 4) is 17.4 Å². The van der Waals surface area contributed by atoms with Gasteiger partial charge in [-0.1, -0.05) is 6.07 Å². The number of methoxy groups -OCH3 is 2. The van der Waals surface area contributed by atoms with E-state index in [0.29, 0.717) is 36.0 Å². The van der Waals surface area contributed by atoms with E-state index in [1.165, 1.54) is 7.11 Å². The van der Waals surface area contributed by atoms with E-state index in [9.17, 15) is 4.79 Å². The first-order valence-electron chi connectivity index (χ1n) is 7.66. The van der Waals surface area contributed by atoms with Crippen molar-refractivity contribution in [1.82, 2.24) is 14.9 Å². The van der Waals surface area contributed by atoms with E-state index in [1.807, 2.05) is 0 Å². The number of para-hydroxylation sites is 1. The topological polar surface area (TPSA) is 73.8 Å². The van der Waals surface area contributed by atoms with Crippen molar-refractivity contribution in [3.63, 3.8) is 0 Å². The Morgan fingerprint density at radius 3 is 2.83 bits per heavy atom. The van der Waals surface area contributed by atoms with Crippen molar-refractivity contribution in [2.24, 2.45) is 0 Å². The van der Waals surface area contributed by atoms with Gasteiger partial charge in [-0.15, -0.1) is 0 Å². The molecule has 3 rings (SSSR count). The molecule has 1 saturated heterocycles. The number of amides is 1. The number of rotatable bonds is 5. The van der Waals surface area contributed by atoms with Gasteiger partial charge in [-0.2, -0.15) is 0 Å². The zero-order valence-corrected chi connectivity index (χ0v) is 13.6. The van der Waals surface area contributed by atoms with Crippen LogP contribution in [0, 0.1) is 0 Å². The normalized spacial score (nSPS) is 16.8.